The Balaban J connectivity index is 2.65. The molecular weight excluding hydrogens is 248 g/mol. The fraction of sp³-hybridized carbons (Fsp3) is 0.462. The Hall–Kier alpha value is -0.803. The molecule has 4 heteroatoms. The lowest BCUT2D eigenvalue weighted by atomic mass is 10.2. The summed E-state index contributed by atoms with van der Waals surface area (Å²) >= 11 is 5.97. The molecule has 0 unspecified atom stereocenters. The van der Waals surface area contributed by atoms with E-state index in [1.165, 1.54) is 0 Å². The van der Waals surface area contributed by atoms with Crippen LogP contribution < -0.4 is 0 Å². The zero-order valence-electron chi connectivity index (χ0n) is 11.1. The fourth-order valence-electron chi connectivity index (χ4n) is 1.81. The van der Waals surface area contributed by atoms with E-state index in [0.29, 0.717) is 10.1 Å². The fourth-order valence-corrected chi connectivity index (χ4v) is 3.86. The Labute approximate surface area is 109 Å². The van der Waals surface area contributed by atoms with Crippen molar-refractivity contribution in [1.82, 2.24) is 9.22 Å². The van der Waals surface area contributed by atoms with E-state index in [4.69, 9.17) is 11.6 Å². The maximum atomic E-state index is 5.97. The molecule has 0 saturated heterocycles. The second-order valence-corrected chi connectivity index (χ2v) is 11.6. The maximum absolute atomic E-state index is 5.97. The maximum Gasteiger partial charge on any atom is 0.163 e. The Bertz CT molecular complexity index is 552. The number of nitrogens with zero attached hydrogens (tertiary/aromatic N) is 2. The van der Waals surface area contributed by atoms with Gasteiger partial charge in [0.1, 0.15) is 5.65 Å². The monoisotopic (exact) mass is 266 g/mol. The van der Waals surface area contributed by atoms with Gasteiger partial charge in [-0.3, -0.25) is 0 Å². The van der Waals surface area contributed by atoms with E-state index in [-0.39, 0.29) is 0 Å². The lowest BCUT2D eigenvalue weighted by Crippen LogP contribution is -2.45. The van der Waals surface area contributed by atoms with E-state index >= 15 is 0 Å². The molecule has 0 radical (unpaired) electrons. The molecule has 2 aromatic rings. The first kappa shape index (κ1) is 12.6. The predicted octanol–water partition coefficient (Wildman–Crippen LogP) is 4.54. The Morgan fingerprint density at radius 1 is 1.29 bits per heavy atom. The highest BCUT2D eigenvalue weighted by molar-refractivity contribution is 6.79. The van der Waals surface area contributed by atoms with Crippen LogP contribution in [0.5, 0.6) is 0 Å². The molecule has 2 rings (SSSR count). The summed E-state index contributed by atoms with van der Waals surface area (Å²) in [5.41, 5.74) is 1.06. The molecule has 0 aliphatic rings. The van der Waals surface area contributed by atoms with Gasteiger partial charge in [-0.05, 0) is 23.4 Å². The summed E-state index contributed by atoms with van der Waals surface area (Å²) in [6.07, 6.45) is 3.89. The molecule has 92 valence electrons. The molecule has 0 bridgehead atoms. The lowest BCUT2D eigenvalue weighted by Gasteiger charge is -2.38. The van der Waals surface area contributed by atoms with Gasteiger partial charge in [-0.15, -0.1) is 0 Å². The van der Waals surface area contributed by atoms with Gasteiger partial charge in [-0.2, -0.15) is 0 Å². The van der Waals surface area contributed by atoms with Crippen molar-refractivity contribution in [2.24, 2.45) is 0 Å². The molecule has 0 aliphatic heterocycles. The first-order valence-electron chi connectivity index (χ1n) is 5.86. The van der Waals surface area contributed by atoms with E-state index in [0.717, 1.165) is 11.0 Å². The molecular formula is C13H19ClN2Si. The number of rotatable bonds is 1. The molecule has 2 heterocycles. The van der Waals surface area contributed by atoms with Crippen molar-refractivity contribution in [2.45, 2.75) is 38.9 Å². The first-order chi connectivity index (χ1) is 7.73. The van der Waals surface area contributed by atoms with Gasteiger partial charge in [-0.1, -0.05) is 45.5 Å². The van der Waals surface area contributed by atoms with Crippen molar-refractivity contribution < 1.29 is 0 Å². The van der Waals surface area contributed by atoms with Crippen molar-refractivity contribution in [1.29, 1.82) is 0 Å². The molecule has 2 aromatic heterocycles. The Morgan fingerprint density at radius 3 is 2.53 bits per heavy atom. The molecule has 0 atom stereocenters. The summed E-state index contributed by atoms with van der Waals surface area (Å²) < 4.78 is 2.37. The topological polar surface area (TPSA) is 17.8 Å². The Kier molecular flexibility index (Phi) is 2.87. The first-order valence-corrected chi connectivity index (χ1v) is 9.19. The number of hydrogen-bond donors (Lipinski definition) is 0. The van der Waals surface area contributed by atoms with Crippen molar-refractivity contribution in [2.75, 3.05) is 0 Å². The van der Waals surface area contributed by atoms with Crippen LogP contribution in [0.4, 0.5) is 0 Å². The van der Waals surface area contributed by atoms with Gasteiger partial charge < -0.3 is 4.23 Å². The summed E-state index contributed by atoms with van der Waals surface area (Å²) in [4.78, 5) is 4.49. The summed E-state index contributed by atoms with van der Waals surface area (Å²) in [6, 6.07) is 4.09. The van der Waals surface area contributed by atoms with E-state index in [9.17, 15) is 0 Å². The summed E-state index contributed by atoms with van der Waals surface area (Å²) in [7, 11) is -1.60. The highest BCUT2D eigenvalue weighted by atomic mass is 35.5. The van der Waals surface area contributed by atoms with Gasteiger partial charge in [0, 0.05) is 11.6 Å². The molecule has 2 nitrogen and oxygen atoms in total. The Morgan fingerprint density at radius 2 is 1.94 bits per heavy atom. The zero-order valence-corrected chi connectivity index (χ0v) is 12.8. The minimum atomic E-state index is -1.60. The standard InChI is InChI=1S/C13H19ClN2Si/c1-13(2,3)17(4,5)16-7-6-10-8-11(14)9-15-12(10)16/h6-9H,1-5H3. The molecule has 0 fully saturated rings. The van der Waals surface area contributed by atoms with Gasteiger partial charge in [0.15, 0.2) is 8.24 Å². The van der Waals surface area contributed by atoms with Gasteiger partial charge >= 0.3 is 0 Å². The molecule has 0 amide bonds. The van der Waals surface area contributed by atoms with Gasteiger partial charge in [0.2, 0.25) is 0 Å². The van der Waals surface area contributed by atoms with Crippen molar-refractivity contribution in [3.05, 3.63) is 29.5 Å². The second kappa shape index (κ2) is 3.85. The van der Waals surface area contributed by atoms with Gasteiger partial charge in [-0.25, -0.2) is 4.98 Å². The number of fused-ring (bicyclic) bond motifs is 1. The number of pyridine rings is 1. The average molecular weight is 267 g/mol. The van der Waals surface area contributed by atoms with Crippen LogP contribution in [0.3, 0.4) is 0 Å². The van der Waals surface area contributed by atoms with Crippen LogP contribution in [0.2, 0.25) is 23.2 Å². The molecule has 0 aromatic carbocycles. The molecule has 0 aliphatic carbocycles. The van der Waals surface area contributed by atoms with E-state index in [2.05, 4.69) is 55.3 Å². The highest BCUT2D eigenvalue weighted by Gasteiger charge is 2.38. The second-order valence-electron chi connectivity index (χ2n) is 6.06. The smallest absolute Gasteiger partial charge is 0.163 e. The number of aromatic nitrogens is 2. The molecule has 17 heavy (non-hydrogen) atoms. The quantitative estimate of drug-likeness (QED) is 0.693. The predicted molar refractivity (Wildman–Crippen MR) is 77.3 cm³/mol. The van der Waals surface area contributed by atoms with Gasteiger partial charge in [0.25, 0.3) is 0 Å². The third kappa shape index (κ3) is 2.02. The van der Waals surface area contributed by atoms with Crippen LogP contribution >= 0.6 is 11.6 Å². The number of halogens is 1. The minimum Gasteiger partial charge on any atom is -0.359 e. The molecule has 0 saturated carbocycles. The van der Waals surface area contributed by atoms with Crippen LogP contribution in [0.15, 0.2) is 24.5 Å². The minimum absolute atomic E-state index is 0.292. The summed E-state index contributed by atoms with van der Waals surface area (Å²) in [6.45, 7) is 11.7. The average Bonchev–Trinajstić information content (AvgIpc) is 2.58. The zero-order chi connectivity index (χ0) is 12.8. The molecule has 0 N–H and O–H groups in total. The summed E-state index contributed by atoms with van der Waals surface area (Å²) in [5, 5.41) is 2.12. The SMILES string of the molecule is CC(C)(C)[Si](C)(C)n1ccc2cc(Cl)cnc21. The van der Waals surface area contributed by atoms with E-state index in [1.54, 1.807) is 6.20 Å². The van der Waals surface area contributed by atoms with Crippen molar-refractivity contribution in [3.63, 3.8) is 0 Å². The van der Waals surface area contributed by atoms with Crippen molar-refractivity contribution in [3.8, 4) is 0 Å². The van der Waals surface area contributed by atoms with Crippen LogP contribution in [-0.2, 0) is 0 Å². The van der Waals surface area contributed by atoms with E-state index in [1.807, 2.05) is 6.07 Å². The lowest BCUT2D eigenvalue weighted by molar-refractivity contribution is 0.702. The normalized spacial score (nSPS) is 13.3. The largest absolute Gasteiger partial charge is 0.359 e. The van der Waals surface area contributed by atoms with Crippen LogP contribution in [0.1, 0.15) is 20.8 Å². The highest BCUT2D eigenvalue weighted by Crippen LogP contribution is 2.38. The van der Waals surface area contributed by atoms with Crippen LogP contribution in [-0.4, -0.2) is 17.5 Å². The third-order valence-electron chi connectivity index (χ3n) is 3.93. The van der Waals surface area contributed by atoms with Crippen LogP contribution in [0.25, 0.3) is 11.0 Å². The van der Waals surface area contributed by atoms with Gasteiger partial charge in [0.05, 0.1) is 5.02 Å². The van der Waals surface area contributed by atoms with Crippen LogP contribution in [0, 0.1) is 0 Å². The molecule has 0 spiro atoms. The number of hydrogen-bond acceptors (Lipinski definition) is 1. The van der Waals surface area contributed by atoms with E-state index < -0.39 is 8.24 Å². The van der Waals surface area contributed by atoms with Crippen molar-refractivity contribution >= 4 is 30.9 Å². The third-order valence-corrected chi connectivity index (χ3v) is 9.37. The summed E-state index contributed by atoms with van der Waals surface area (Å²) in [5.74, 6) is 0.